The molecule has 0 unspecified atom stereocenters. The molecule has 2 nitrogen and oxygen atoms in total. The maximum atomic E-state index is 9.45. The molecule has 0 heterocycles. The average Bonchev–Trinajstić information content (AvgIpc) is 2.29. The Labute approximate surface area is 106 Å². The molecule has 0 fully saturated rings. The lowest BCUT2D eigenvalue weighted by atomic mass is 9.93. The molecule has 0 saturated carbocycles. The maximum Gasteiger partial charge on any atom is 0.0652 e. The molecule has 1 aromatic rings. The van der Waals surface area contributed by atoms with Gasteiger partial charge in [0.15, 0.2) is 0 Å². The lowest BCUT2D eigenvalue weighted by molar-refractivity contribution is 0.179. The van der Waals surface area contributed by atoms with Crippen LogP contribution in [0.5, 0.6) is 0 Å². The molecule has 0 aliphatic heterocycles. The minimum atomic E-state index is -0.539. The molecule has 1 atom stereocenters. The molecular formula is C12H15Cl2NO. The van der Waals surface area contributed by atoms with E-state index in [1.807, 2.05) is 13.0 Å². The van der Waals surface area contributed by atoms with Crippen molar-refractivity contribution in [1.29, 1.82) is 0 Å². The normalized spacial score (nSPS) is 14.5. The summed E-state index contributed by atoms with van der Waals surface area (Å²) in [5.41, 5.74) is 0.355. The summed E-state index contributed by atoms with van der Waals surface area (Å²) in [4.78, 5) is 0. The Morgan fingerprint density at radius 3 is 2.62 bits per heavy atom. The highest BCUT2D eigenvalue weighted by Gasteiger charge is 2.25. The van der Waals surface area contributed by atoms with Gasteiger partial charge in [0, 0.05) is 6.54 Å². The van der Waals surface area contributed by atoms with Gasteiger partial charge in [0.25, 0.3) is 0 Å². The van der Waals surface area contributed by atoms with E-state index in [1.165, 1.54) is 0 Å². The number of benzene rings is 1. The summed E-state index contributed by atoms with van der Waals surface area (Å²) in [5.74, 6) is 0. The molecule has 0 radical (unpaired) electrons. The SMILES string of the molecule is C=CCN[C@](C)(CO)c1ccc(Cl)c(Cl)c1. The van der Waals surface area contributed by atoms with Crippen LogP contribution in [-0.4, -0.2) is 18.3 Å². The fourth-order valence-electron chi connectivity index (χ4n) is 1.39. The zero-order valence-corrected chi connectivity index (χ0v) is 10.6. The van der Waals surface area contributed by atoms with Crippen molar-refractivity contribution in [2.24, 2.45) is 0 Å². The first-order chi connectivity index (χ1) is 7.53. The van der Waals surface area contributed by atoms with Gasteiger partial charge in [-0.2, -0.15) is 0 Å². The predicted octanol–water partition coefficient (Wildman–Crippen LogP) is 2.98. The molecule has 0 spiro atoms. The van der Waals surface area contributed by atoms with Crippen LogP contribution in [0.25, 0.3) is 0 Å². The molecule has 4 heteroatoms. The first-order valence-electron chi connectivity index (χ1n) is 4.96. The van der Waals surface area contributed by atoms with Crippen LogP contribution < -0.4 is 5.32 Å². The summed E-state index contributed by atoms with van der Waals surface area (Å²) in [6.45, 7) is 6.11. The van der Waals surface area contributed by atoms with Gasteiger partial charge in [0.05, 0.1) is 22.2 Å². The van der Waals surface area contributed by atoms with Crippen LogP contribution in [0.1, 0.15) is 12.5 Å². The maximum absolute atomic E-state index is 9.45. The Kier molecular flexibility index (Phi) is 4.81. The van der Waals surface area contributed by atoms with E-state index in [4.69, 9.17) is 23.2 Å². The van der Waals surface area contributed by atoms with Crippen LogP contribution in [0.3, 0.4) is 0 Å². The minimum Gasteiger partial charge on any atom is -0.394 e. The van der Waals surface area contributed by atoms with Gasteiger partial charge in [-0.3, -0.25) is 0 Å². The monoisotopic (exact) mass is 259 g/mol. The third-order valence-electron chi connectivity index (χ3n) is 2.51. The third-order valence-corrected chi connectivity index (χ3v) is 3.25. The summed E-state index contributed by atoms with van der Waals surface area (Å²) in [6, 6.07) is 5.33. The van der Waals surface area contributed by atoms with Gasteiger partial charge in [-0.15, -0.1) is 6.58 Å². The Bertz CT molecular complexity index is 381. The highest BCUT2D eigenvalue weighted by molar-refractivity contribution is 6.42. The molecule has 88 valence electrons. The van der Waals surface area contributed by atoms with E-state index in [0.717, 1.165) is 5.56 Å². The second-order valence-electron chi connectivity index (χ2n) is 3.79. The van der Waals surface area contributed by atoms with Crippen molar-refractivity contribution in [3.8, 4) is 0 Å². The van der Waals surface area contributed by atoms with Gasteiger partial charge in [-0.05, 0) is 24.6 Å². The van der Waals surface area contributed by atoms with Crippen molar-refractivity contribution in [2.75, 3.05) is 13.2 Å². The summed E-state index contributed by atoms with van der Waals surface area (Å²) in [7, 11) is 0. The van der Waals surface area contributed by atoms with E-state index in [1.54, 1.807) is 18.2 Å². The number of hydrogen-bond donors (Lipinski definition) is 2. The zero-order chi connectivity index (χ0) is 12.2. The highest BCUT2D eigenvalue weighted by atomic mass is 35.5. The van der Waals surface area contributed by atoms with E-state index in [0.29, 0.717) is 16.6 Å². The second-order valence-corrected chi connectivity index (χ2v) is 4.60. The second kappa shape index (κ2) is 5.69. The van der Waals surface area contributed by atoms with Crippen LogP contribution in [0, 0.1) is 0 Å². The fraction of sp³-hybridized carbons (Fsp3) is 0.333. The van der Waals surface area contributed by atoms with Crippen LogP contribution in [0.2, 0.25) is 10.0 Å². The van der Waals surface area contributed by atoms with E-state index in [2.05, 4.69) is 11.9 Å². The lowest BCUT2D eigenvalue weighted by Gasteiger charge is -2.29. The molecule has 1 aromatic carbocycles. The van der Waals surface area contributed by atoms with Crippen LogP contribution >= 0.6 is 23.2 Å². The molecule has 16 heavy (non-hydrogen) atoms. The van der Waals surface area contributed by atoms with Gasteiger partial charge in [0.2, 0.25) is 0 Å². The Morgan fingerprint density at radius 2 is 2.12 bits per heavy atom. The summed E-state index contributed by atoms with van der Waals surface area (Å²) in [6.07, 6.45) is 1.74. The lowest BCUT2D eigenvalue weighted by Crippen LogP contribution is -2.42. The van der Waals surface area contributed by atoms with Crippen LogP contribution in [-0.2, 0) is 5.54 Å². The summed E-state index contributed by atoms with van der Waals surface area (Å²) < 4.78 is 0. The molecule has 0 saturated heterocycles. The van der Waals surface area contributed by atoms with Gasteiger partial charge in [-0.1, -0.05) is 35.3 Å². The van der Waals surface area contributed by atoms with E-state index in [-0.39, 0.29) is 6.61 Å². The van der Waals surface area contributed by atoms with Crippen LogP contribution in [0.4, 0.5) is 0 Å². The summed E-state index contributed by atoms with van der Waals surface area (Å²) >= 11 is 11.8. The largest absolute Gasteiger partial charge is 0.394 e. The molecule has 0 aliphatic carbocycles. The van der Waals surface area contributed by atoms with E-state index < -0.39 is 5.54 Å². The van der Waals surface area contributed by atoms with Crippen molar-refractivity contribution in [3.63, 3.8) is 0 Å². The van der Waals surface area contributed by atoms with Crippen LogP contribution in [0.15, 0.2) is 30.9 Å². The molecular weight excluding hydrogens is 245 g/mol. The molecule has 0 aromatic heterocycles. The predicted molar refractivity (Wildman–Crippen MR) is 69.1 cm³/mol. The van der Waals surface area contributed by atoms with Gasteiger partial charge in [0.1, 0.15) is 0 Å². The highest BCUT2D eigenvalue weighted by Crippen LogP contribution is 2.28. The zero-order valence-electron chi connectivity index (χ0n) is 9.13. The van der Waals surface area contributed by atoms with Crippen molar-refractivity contribution in [2.45, 2.75) is 12.5 Å². The van der Waals surface area contributed by atoms with E-state index >= 15 is 0 Å². The third kappa shape index (κ3) is 2.98. The number of rotatable bonds is 5. The van der Waals surface area contributed by atoms with Gasteiger partial charge in [-0.25, -0.2) is 0 Å². The number of aliphatic hydroxyl groups excluding tert-OH is 1. The Hall–Kier alpha value is -0.540. The number of halogens is 2. The smallest absolute Gasteiger partial charge is 0.0652 e. The first kappa shape index (κ1) is 13.5. The molecule has 0 aliphatic rings. The molecule has 2 N–H and O–H groups in total. The first-order valence-corrected chi connectivity index (χ1v) is 5.71. The van der Waals surface area contributed by atoms with Gasteiger partial charge < -0.3 is 10.4 Å². The van der Waals surface area contributed by atoms with Gasteiger partial charge >= 0.3 is 0 Å². The topological polar surface area (TPSA) is 32.3 Å². The quantitative estimate of drug-likeness (QED) is 0.798. The van der Waals surface area contributed by atoms with Crippen molar-refractivity contribution in [3.05, 3.63) is 46.5 Å². The number of nitrogens with one attached hydrogen (secondary N) is 1. The minimum absolute atomic E-state index is 0.0290. The Balaban J connectivity index is 3.02. The van der Waals surface area contributed by atoms with Crippen molar-refractivity contribution in [1.82, 2.24) is 5.32 Å². The number of hydrogen-bond acceptors (Lipinski definition) is 2. The standard InChI is InChI=1S/C12H15Cl2NO/c1-3-6-15-12(2,8-16)9-4-5-10(13)11(14)7-9/h3-5,7,15-16H,1,6,8H2,2H3/t12-/m1/s1. The molecule has 1 rings (SSSR count). The molecule has 0 amide bonds. The molecule has 0 bridgehead atoms. The fourth-order valence-corrected chi connectivity index (χ4v) is 1.68. The average molecular weight is 260 g/mol. The Morgan fingerprint density at radius 1 is 1.44 bits per heavy atom. The summed E-state index contributed by atoms with van der Waals surface area (Å²) in [5, 5.41) is 13.6. The van der Waals surface area contributed by atoms with Crippen molar-refractivity contribution < 1.29 is 5.11 Å². The van der Waals surface area contributed by atoms with E-state index in [9.17, 15) is 5.11 Å². The number of aliphatic hydroxyl groups is 1. The van der Waals surface area contributed by atoms with Crippen molar-refractivity contribution >= 4 is 23.2 Å².